The minimum absolute atomic E-state index is 0.901. The predicted molar refractivity (Wildman–Crippen MR) is 124 cm³/mol. The number of hydrogen-bond donors (Lipinski definition) is 1. The highest BCUT2D eigenvalue weighted by molar-refractivity contribution is 7.80. The summed E-state index contributed by atoms with van der Waals surface area (Å²) < 4.78 is 0. The van der Waals surface area contributed by atoms with Gasteiger partial charge in [0.05, 0.1) is 0 Å². The number of benzene rings is 2. The minimum Gasteiger partial charge on any atom is -0.398 e. The Bertz CT molecular complexity index is 1100. The Balaban J connectivity index is 0.000000143. The SMILES string of the molecule is C=P1(C)CC2=C(CCC=C2)c2ccccc21.Nc1cccc2c1=CCCC=2. The number of hydrogen-bond acceptors (Lipinski definition) is 1. The largest absolute Gasteiger partial charge is 0.398 e. The van der Waals surface area contributed by atoms with Crippen molar-refractivity contribution in [3.05, 3.63) is 76.2 Å². The van der Waals surface area contributed by atoms with Crippen LogP contribution in [0.5, 0.6) is 0 Å². The second-order valence-corrected chi connectivity index (χ2v) is 11.4. The van der Waals surface area contributed by atoms with Crippen LogP contribution < -0.4 is 21.5 Å². The molecule has 3 aliphatic rings. The number of allylic oxidation sites excluding steroid dienone is 4. The van der Waals surface area contributed by atoms with Crippen LogP contribution in [-0.2, 0) is 0 Å². The van der Waals surface area contributed by atoms with E-state index in [1.54, 1.807) is 11.1 Å². The Morgan fingerprint density at radius 3 is 2.63 bits per heavy atom. The molecule has 138 valence electrons. The third-order valence-electron chi connectivity index (χ3n) is 5.65. The van der Waals surface area contributed by atoms with Crippen LogP contribution >= 0.6 is 6.89 Å². The standard InChI is InChI=1S/C15H17P.C10H11N/c1-16(2)11-12-7-3-4-8-13(12)14-9-5-6-10-15(14)16;11-10-7-3-5-8-4-1-2-6-9(8)10/h3,5-7,9-10H,1,4,8,11H2,2H3;3-7H,1-2,11H2. The first-order valence-corrected chi connectivity index (χ1v) is 12.4. The quantitative estimate of drug-likeness (QED) is 0.545. The number of nitrogens with two attached hydrogens (primary N) is 1. The highest BCUT2D eigenvalue weighted by atomic mass is 31.2. The lowest BCUT2D eigenvalue weighted by molar-refractivity contribution is 1.04. The molecule has 0 aromatic heterocycles. The molecule has 2 aromatic carbocycles. The van der Waals surface area contributed by atoms with Gasteiger partial charge in [0.2, 0.25) is 0 Å². The van der Waals surface area contributed by atoms with Gasteiger partial charge in [-0.15, -0.1) is 0 Å². The summed E-state index contributed by atoms with van der Waals surface area (Å²) in [6, 6.07) is 15.0. The molecule has 1 nitrogen and oxygen atoms in total. The van der Waals surface area contributed by atoms with Gasteiger partial charge in [-0.3, -0.25) is 0 Å². The van der Waals surface area contributed by atoms with E-state index in [0.29, 0.717) is 0 Å². The fourth-order valence-electron chi connectivity index (χ4n) is 4.31. The lowest BCUT2D eigenvalue weighted by Gasteiger charge is -2.32. The molecule has 2 N–H and O–H groups in total. The summed E-state index contributed by atoms with van der Waals surface area (Å²) in [7, 11) is 0. The zero-order valence-corrected chi connectivity index (χ0v) is 17.0. The minimum atomic E-state index is -1.18. The van der Waals surface area contributed by atoms with Crippen molar-refractivity contribution in [1.29, 1.82) is 0 Å². The fraction of sp³-hybridized carbons (Fsp3) is 0.240. The van der Waals surface area contributed by atoms with E-state index in [4.69, 9.17) is 5.73 Å². The molecule has 2 heteroatoms. The summed E-state index contributed by atoms with van der Waals surface area (Å²) in [5, 5.41) is 4.04. The van der Waals surface area contributed by atoms with Gasteiger partial charge in [0.1, 0.15) is 0 Å². The van der Waals surface area contributed by atoms with E-state index in [1.165, 1.54) is 40.3 Å². The lowest BCUT2D eigenvalue weighted by atomic mass is 9.92. The van der Waals surface area contributed by atoms with E-state index in [0.717, 1.165) is 18.5 Å². The molecule has 1 heterocycles. The van der Waals surface area contributed by atoms with Crippen LogP contribution in [0.2, 0.25) is 0 Å². The number of fused-ring (bicyclic) bond motifs is 3. The Kier molecular flexibility index (Phi) is 4.98. The first-order chi connectivity index (χ1) is 13.1. The summed E-state index contributed by atoms with van der Waals surface area (Å²) in [5.41, 5.74) is 11.3. The second kappa shape index (κ2) is 7.41. The summed E-state index contributed by atoms with van der Waals surface area (Å²) in [5.74, 6) is 0. The van der Waals surface area contributed by atoms with E-state index in [9.17, 15) is 0 Å². The molecular formula is C25H28NP. The zero-order valence-electron chi connectivity index (χ0n) is 16.1. The fourth-order valence-corrected chi connectivity index (χ4v) is 6.77. The summed E-state index contributed by atoms with van der Waals surface area (Å²) >= 11 is 0. The average Bonchev–Trinajstić information content (AvgIpc) is 2.69. The van der Waals surface area contributed by atoms with Crippen LogP contribution in [0.1, 0.15) is 31.2 Å². The van der Waals surface area contributed by atoms with Crippen LogP contribution in [0.15, 0.2) is 60.2 Å². The van der Waals surface area contributed by atoms with Crippen molar-refractivity contribution >= 4 is 41.9 Å². The Morgan fingerprint density at radius 1 is 0.963 bits per heavy atom. The van der Waals surface area contributed by atoms with Crippen molar-refractivity contribution in [2.24, 2.45) is 0 Å². The maximum Gasteiger partial charge on any atom is 0.0390 e. The van der Waals surface area contributed by atoms with E-state index >= 15 is 0 Å². The van der Waals surface area contributed by atoms with Crippen molar-refractivity contribution < 1.29 is 0 Å². The smallest absolute Gasteiger partial charge is 0.0390 e. The molecule has 1 atom stereocenters. The normalized spacial score (nSPS) is 22.3. The average molecular weight is 373 g/mol. The highest BCUT2D eigenvalue weighted by Crippen LogP contribution is 2.50. The van der Waals surface area contributed by atoms with Gasteiger partial charge in [-0.1, -0.05) is 73.9 Å². The Hall–Kier alpha value is -2.24. The molecule has 2 aliphatic carbocycles. The highest BCUT2D eigenvalue weighted by Gasteiger charge is 2.25. The molecule has 0 saturated heterocycles. The first-order valence-electron chi connectivity index (χ1n) is 9.79. The summed E-state index contributed by atoms with van der Waals surface area (Å²) in [6.45, 7) is 1.18. The van der Waals surface area contributed by atoms with E-state index in [-0.39, 0.29) is 0 Å². The number of anilines is 1. The zero-order chi connectivity index (χ0) is 18.9. The molecule has 1 aliphatic heterocycles. The van der Waals surface area contributed by atoms with Crippen molar-refractivity contribution in [3.8, 4) is 0 Å². The van der Waals surface area contributed by atoms with E-state index in [2.05, 4.69) is 67.6 Å². The van der Waals surface area contributed by atoms with Gasteiger partial charge in [-0.2, -0.15) is 0 Å². The van der Waals surface area contributed by atoms with E-state index in [1.807, 2.05) is 12.1 Å². The van der Waals surface area contributed by atoms with Gasteiger partial charge < -0.3 is 5.73 Å². The van der Waals surface area contributed by atoms with Gasteiger partial charge >= 0.3 is 0 Å². The van der Waals surface area contributed by atoms with Crippen LogP contribution in [0.4, 0.5) is 5.69 Å². The maximum atomic E-state index is 5.79. The van der Waals surface area contributed by atoms with Crippen molar-refractivity contribution in [2.75, 3.05) is 18.6 Å². The Labute approximate surface area is 162 Å². The van der Waals surface area contributed by atoms with Crippen LogP contribution in [0.25, 0.3) is 17.7 Å². The summed E-state index contributed by atoms with van der Waals surface area (Å²) in [4.78, 5) is 0. The van der Waals surface area contributed by atoms with Crippen molar-refractivity contribution in [1.82, 2.24) is 0 Å². The van der Waals surface area contributed by atoms with Gasteiger partial charge in [0, 0.05) is 10.9 Å². The van der Waals surface area contributed by atoms with Crippen molar-refractivity contribution in [2.45, 2.75) is 25.7 Å². The van der Waals surface area contributed by atoms with Gasteiger partial charge in [-0.05, 0) is 71.8 Å². The maximum absolute atomic E-state index is 5.79. The molecular weight excluding hydrogens is 345 g/mol. The summed E-state index contributed by atoms with van der Waals surface area (Å²) in [6.07, 6.45) is 19.5. The molecule has 1 unspecified atom stereocenters. The first kappa shape index (κ1) is 18.1. The third kappa shape index (κ3) is 3.62. The predicted octanol–water partition coefficient (Wildman–Crippen LogP) is 4.13. The lowest BCUT2D eigenvalue weighted by Crippen LogP contribution is -2.28. The number of rotatable bonds is 0. The van der Waals surface area contributed by atoms with Gasteiger partial charge in [-0.25, -0.2) is 0 Å². The van der Waals surface area contributed by atoms with Crippen LogP contribution in [-0.4, -0.2) is 19.1 Å². The molecule has 0 fully saturated rings. The van der Waals surface area contributed by atoms with Crippen LogP contribution in [0.3, 0.4) is 0 Å². The van der Waals surface area contributed by atoms with Gasteiger partial charge in [0.15, 0.2) is 0 Å². The van der Waals surface area contributed by atoms with Gasteiger partial charge in [0.25, 0.3) is 0 Å². The third-order valence-corrected chi connectivity index (χ3v) is 8.24. The molecule has 0 saturated carbocycles. The van der Waals surface area contributed by atoms with Crippen molar-refractivity contribution in [3.63, 3.8) is 0 Å². The second-order valence-electron chi connectivity index (χ2n) is 7.85. The molecule has 0 spiro atoms. The number of nitrogen functional groups attached to an aromatic ring is 1. The molecule has 0 amide bonds. The molecule has 0 bridgehead atoms. The topological polar surface area (TPSA) is 26.0 Å². The molecule has 0 radical (unpaired) electrons. The molecule has 27 heavy (non-hydrogen) atoms. The molecule has 5 rings (SSSR count). The van der Waals surface area contributed by atoms with E-state index < -0.39 is 6.89 Å². The molecule has 2 aromatic rings. The monoisotopic (exact) mass is 373 g/mol. The Morgan fingerprint density at radius 2 is 1.78 bits per heavy atom. The van der Waals surface area contributed by atoms with Crippen LogP contribution in [0, 0.1) is 0 Å².